The van der Waals surface area contributed by atoms with Crippen LogP contribution in [0.25, 0.3) is 0 Å². The lowest BCUT2D eigenvalue weighted by atomic mass is 10.1. The first-order valence-electron chi connectivity index (χ1n) is 8.24. The van der Waals surface area contributed by atoms with Crippen molar-refractivity contribution in [3.05, 3.63) is 35.9 Å². The number of hydrogen-bond acceptors (Lipinski definition) is 4. The lowest BCUT2D eigenvalue weighted by Crippen LogP contribution is -2.46. The van der Waals surface area contributed by atoms with E-state index in [2.05, 4.69) is 0 Å². The second-order valence-electron chi connectivity index (χ2n) is 7.07. The molecule has 5 heteroatoms. The number of carbonyl (C=O) groups excluding carboxylic acids is 1. The highest BCUT2D eigenvalue weighted by Gasteiger charge is 2.30. The summed E-state index contributed by atoms with van der Waals surface area (Å²) < 4.78 is 11.4. The van der Waals surface area contributed by atoms with Crippen LogP contribution in [0, 0.1) is 0 Å². The topological polar surface area (TPSA) is 64.8 Å². The van der Waals surface area contributed by atoms with Crippen molar-refractivity contribution in [1.82, 2.24) is 4.90 Å². The zero-order valence-electron chi connectivity index (χ0n) is 14.3. The van der Waals surface area contributed by atoms with Gasteiger partial charge in [-0.3, -0.25) is 0 Å². The van der Waals surface area contributed by atoms with Crippen LogP contribution in [0.2, 0.25) is 0 Å². The molecule has 0 radical (unpaired) electrons. The number of benzene rings is 1. The molecule has 1 fully saturated rings. The van der Waals surface area contributed by atoms with Crippen LogP contribution in [0.15, 0.2) is 30.3 Å². The van der Waals surface area contributed by atoms with Crippen molar-refractivity contribution < 1.29 is 14.3 Å². The summed E-state index contributed by atoms with van der Waals surface area (Å²) in [5.41, 5.74) is 6.90. The Bertz CT molecular complexity index is 499. The van der Waals surface area contributed by atoms with Crippen molar-refractivity contribution in [2.24, 2.45) is 5.73 Å². The molecule has 2 atom stereocenters. The first-order chi connectivity index (χ1) is 10.8. The normalized spacial score (nSPS) is 22.5. The second kappa shape index (κ2) is 7.79. The number of hydrogen-bond donors (Lipinski definition) is 1. The average Bonchev–Trinajstić information content (AvgIpc) is 2.66. The number of ether oxygens (including phenoxy) is 2. The maximum Gasteiger partial charge on any atom is 0.410 e. The quantitative estimate of drug-likeness (QED) is 0.930. The first kappa shape index (κ1) is 17.8. The molecule has 1 heterocycles. The molecule has 1 aromatic carbocycles. The van der Waals surface area contributed by atoms with Gasteiger partial charge in [0.15, 0.2) is 0 Å². The van der Waals surface area contributed by atoms with Gasteiger partial charge in [0.2, 0.25) is 0 Å². The highest BCUT2D eigenvalue weighted by Crippen LogP contribution is 2.18. The molecule has 5 nitrogen and oxygen atoms in total. The van der Waals surface area contributed by atoms with Crippen molar-refractivity contribution in [2.45, 2.75) is 58.0 Å². The Labute approximate surface area is 138 Å². The highest BCUT2D eigenvalue weighted by molar-refractivity contribution is 5.68. The van der Waals surface area contributed by atoms with Gasteiger partial charge in [-0.1, -0.05) is 30.3 Å². The van der Waals surface area contributed by atoms with Crippen molar-refractivity contribution >= 4 is 6.09 Å². The van der Waals surface area contributed by atoms with Crippen LogP contribution in [-0.2, 0) is 16.1 Å². The van der Waals surface area contributed by atoms with Gasteiger partial charge < -0.3 is 20.1 Å². The zero-order chi connectivity index (χ0) is 16.9. The second-order valence-corrected chi connectivity index (χ2v) is 7.07. The van der Waals surface area contributed by atoms with Crippen LogP contribution in [0.4, 0.5) is 4.79 Å². The number of nitrogens with two attached hydrogens (primary N) is 1. The molecule has 0 bridgehead atoms. The molecule has 1 aliphatic rings. The molecule has 1 aliphatic heterocycles. The van der Waals surface area contributed by atoms with E-state index in [1.165, 1.54) is 0 Å². The van der Waals surface area contributed by atoms with E-state index in [-0.39, 0.29) is 18.2 Å². The summed E-state index contributed by atoms with van der Waals surface area (Å²) >= 11 is 0. The molecule has 0 aliphatic carbocycles. The van der Waals surface area contributed by atoms with Crippen molar-refractivity contribution in [2.75, 3.05) is 13.1 Å². The number of likely N-dealkylation sites (tertiary alicyclic amines) is 1. The Morgan fingerprint density at radius 3 is 2.65 bits per heavy atom. The van der Waals surface area contributed by atoms with E-state index in [9.17, 15) is 4.79 Å². The molecule has 1 aromatic rings. The summed E-state index contributed by atoms with van der Waals surface area (Å²) in [6, 6.07) is 9.85. The first-order valence-corrected chi connectivity index (χ1v) is 8.24. The highest BCUT2D eigenvalue weighted by atomic mass is 16.6. The molecule has 0 spiro atoms. The summed E-state index contributed by atoms with van der Waals surface area (Å²) in [7, 11) is 0. The molecule has 2 N–H and O–H groups in total. The van der Waals surface area contributed by atoms with Crippen LogP contribution in [0.1, 0.15) is 39.2 Å². The minimum atomic E-state index is -0.489. The third-order valence-electron chi connectivity index (χ3n) is 3.78. The number of rotatable bonds is 3. The summed E-state index contributed by atoms with van der Waals surface area (Å²) in [4.78, 5) is 13.9. The van der Waals surface area contributed by atoms with Gasteiger partial charge in [-0.05, 0) is 39.2 Å². The molecule has 1 amide bonds. The zero-order valence-corrected chi connectivity index (χ0v) is 14.3. The SMILES string of the molecule is CC(C)(C)OC(=O)N1CCCC(OCc2ccccc2)C(N)C1. The molecule has 0 saturated carbocycles. The van der Waals surface area contributed by atoms with E-state index >= 15 is 0 Å². The maximum absolute atomic E-state index is 12.2. The molecule has 0 aromatic heterocycles. The fraction of sp³-hybridized carbons (Fsp3) is 0.611. The van der Waals surface area contributed by atoms with E-state index < -0.39 is 5.60 Å². The Hall–Kier alpha value is -1.59. The van der Waals surface area contributed by atoms with Gasteiger partial charge in [-0.25, -0.2) is 4.79 Å². The van der Waals surface area contributed by atoms with Gasteiger partial charge in [0.1, 0.15) is 5.60 Å². The van der Waals surface area contributed by atoms with Gasteiger partial charge in [-0.15, -0.1) is 0 Å². The average molecular weight is 320 g/mol. The minimum absolute atomic E-state index is 0.0392. The van der Waals surface area contributed by atoms with E-state index in [1.807, 2.05) is 51.1 Å². The maximum atomic E-state index is 12.2. The Balaban J connectivity index is 1.88. The Morgan fingerprint density at radius 2 is 2.00 bits per heavy atom. The monoisotopic (exact) mass is 320 g/mol. The Morgan fingerprint density at radius 1 is 1.30 bits per heavy atom. The number of carbonyl (C=O) groups is 1. The molecule has 2 rings (SSSR count). The van der Waals surface area contributed by atoms with Crippen LogP contribution in [0.3, 0.4) is 0 Å². The van der Waals surface area contributed by atoms with E-state index in [0.717, 1.165) is 18.4 Å². The van der Waals surface area contributed by atoms with Gasteiger partial charge >= 0.3 is 6.09 Å². The van der Waals surface area contributed by atoms with E-state index in [4.69, 9.17) is 15.2 Å². The van der Waals surface area contributed by atoms with Gasteiger partial charge in [0.25, 0.3) is 0 Å². The largest absolute Gasteiger partial charge is 0.444 e. The summed E-state index contributed by atoms with van der Waals surface area (Å²) in [5, 5.41) is 0. The fourth-order valence-electron chi connectivity index (χ4n) is 2.64. The molecular formula is C18H28N2O3. The van der Waals surface area contributed by atoms with Gasteiger partial charge in [0.05, 0.1) is 12.7 Å². The van der Waals surface area contributed by atoms with Crippen LogP contribution >= 0.6 is 0 Å². The summed E-state index contributed by atoms with van der Waals surface area (Å²) in [6.45, 7) is 7.28. The molecular weight excluding hydrogens is 292 g/mol. The smallest absolute Gasteiger partial charge is 0.410 e. The van der Waals surface area contributed by atoms with Crippen LogP contribution in [0.5, 0.6) is 0 Å². The third-order valence-corrected chi connectivity index (χ3v) is 3.78. The molecule has 1 saturated heterocycles. The predicted octanol–water partition coefficient (Wildman–Crippen LogP) is 2.93. The lowest BCUT2D eigenvalue weighted by Gasteiger charge is -2.28. The number of nitrogens with zero attached hydrogens (tertiary/aromatic N) is 1. The Kier molecular flexibility index (Phi) is 6.02. The third kappa shape index (κ3) is 5.84. The molecule has 128 valence electrons. The van der Waals surface area contributed by atoms with Crippen molar-refractivity contribution in [3.8, 4) is 0 Å². The molecule has 2 unspecified atom stereocenters. The van der Waals surface area contributed by atoms with Crippen LogP contribution < -0.4 is 5.73 Å². The number of amides is 1. The standard InChI is InChI=1S/C18H28N2O3/c1-18(2,3)23-17(21)20-11-7-10-16(15(19)12-20)22-13-14-8-5-4-6-9-14/h4-6,8-9,15-16H,7,10-13,19H2,1-3H3. The van der Waals surface area contributed by atoms with Crippen LogP contribution in [-0.4, -0.2) is 41.8 Å². The lowest BCUT2D eigenvalue weighted by molar-refractivity contribution is 0.0113. The van der Waals surface area contributed by atoms with E-state index in [1.54, 1.807) is 4.90 Å². The summed E-state index contributed by atoms with van der Waals surface area (Å²) in [5.74, 6) is 0. The summed E-state index contributed by atoms with van der Waals surface area (Å²) in [6.07, 6.45) is 1.39. The van der Waals surface area contributed by atoms with Gasteiger partial charge in [-0.2, -0.15) is 0 Å². The van der Waals surface area contributed by atoms with Gasteiger partial charge in [0, 0.05) is 19.1 Å². The molecule has 23 heavy (non-hydrogen) atoms. The van der Waals surface area contributed by atoms with Crippen molar-refractivity contribution in [3.63, 3.8) is 0 Å². The van der Waals surface area contributed by atoms with Crippen molar-refractivity contribution in [1.29, 1.82) is 0 Å². The van der Waals surface area contributed by atoms with E-state index in [0.29, 0.717) is 19.7 Å². The fourth-order valence-corrected chi connectivity index (χ4v) is 2.64. The minimum Gasteiger partial charge on any atom is -0.444 e. The predicted molar refractivity (Wildman–Crippen MR) is 90.0 cm³/mol.